The molecule has 0 aromatic carbocycles. The zero-order valence-corrected chi connectivity index (χ0v) is 12.7. The van der Waals surface area contributed by atoms with Crippen LogP contribution >= 0.6 is 0 Å². The summed E-state index contributed by atoms with van der Waals surface area (Å²) in [6.07, 6.45) is 4.67. The number of aryl methyl sites for hydroxylation is 2. The third-order valence-electron chi connectivity index (χ3n) is 3.32. The Hall–Kier alpha value is -1.56. The van der Waals surface area contributed by atoms with Gasteiger partial charge in [-0.05, 0) is 32.8 Å². The molecular weight excluding hydrogens is 234 g/mol. The molecule has 0 saturated carbocycles. The monoisotopic (exact) mass is 259 g/mol. The van der Waals surface area contributed by atoms with Crippen LogP contribution in [0.5, 0.6) is 0 Å². The molecule has 0 radical (unpaired) electrons. The van der Waals surface area contributed by atoms with Crippen LogP contribution in [0.4, 0.5) is 5.69 Å². The first-order valence-electron chi connectivity index (χ1n) is 7.27. The number of hydrogen-bond acceptors (Lipinski definition) is 3. The summed E-state index contributed by atoms with van der Waals surface area (Å²) in [5.41, 5.74) is 3.63. The lowest BCUT2D eigenvalue weighted by Gasteiger charge is -2.26. The average Bonchev–Trinajstić information content (AvgIpc) is 2.38. The summed E-state index contributed by atoms with van der Waals surface area (Å²) >= 11 is 0. The highest BCUT2D eigenvalue weighted by Gasteiger charge is 2.14. The van der Waals surface area contributed by atoms with Crippen molar-refractivity contribution in [3.8, 4) is 6.07 Å². The molecule has 0 amide bonds. The average molecular weight is 259 g/mol. The molecule has 1 aromatic heterocycles. The van der Waals surface area contributed by atoms with E-state index in [0.29, 0.717) is 0 Å². The molecule has 3 heteroatoms. The smallest absolute Gasteiger partial charge is 0.103 e. The van der Waals surface area contributed by atoms with Gasteiger partial charge in [-0.25, -0.2) is 0 Å². The van der Waals surface area contributed by atoms with E-state index in [1.54, 1.807) is 0 Å². The Labute approximate surface area is 117 Å². The molecule has 1 aromatic rings. The van der Waals surface area contributed by atoms with E-state index in [9.17, 15) is 5.26 Å². The lowest BCUT2D eigenvalue weighted by molar-refractivity contribution is 0.676. The largest absolute Gasteiger partial charge is 0.370 e. The molecule has 0 N–H and O–H groups in total. The van der Waals surface area contributed by atoms with Crippen molar-refractivity contribution in [2.75, 3.05) is 18.0 Å². The van der Waals surface area contributed by atoms with Gasteiger partial charge in [-0.15, -0.1) is 0 Å². The number of hydrogen-bond donors (Lipinski definition) is 0. The van der Waals surface area contributed by atoms with Gasteiger partial charge in [0.2, 0.25) is 0 Å². The maximum Gasteiger partial charge on any atom is 0.103 e. The number of unbranched alkanes of at least 4 members (excludes halogenated alkanes) is 2. The highest BCUT2D eigenvalue weighted by Crippen LogP contribution is 2.24. The van der Waals surface area contributed by atoms with Crippen LogP contribution in [-0.2, 0) is 0 Å². The van der Waals surface area contributed by atoms with Crippen LogP contribution in [0.3, 0.4) is 0 Å². The van der Waals surface area contributed by atoms with E-state index < -0.39 is 0 Å². The van der Waals surface area contributed by atoms with Gasteiger partial charge in [0.15, 0.2) is 0 Å². The molecular formula is C16H25N3. The molecule has 0 fully saturated rings. The van der Waals surface area contributed by atoms with E-state index in [1.807, 2.05) is 13.8 Å². The van der Waals surface area contributed by atoms with E-state index in [2.05, 4.69) is 35.9 Å². The molecule has 0 atom stereocenters. The Morgan fingerprint density at radius 1 is 1.16 bits per heavy atom. The quantitative estimate of drug-likeness (QED) is 0.743. The summed E-state index contributed by atoms with van der Waals surface area (Å²) in [6, 6.07) is 4.37. The molecule has 1 heterocycles. The van der Waals surface area contributed by atoms with Crippen molar-refractivity contribution in [2.24, 2.45) is 0 Å². The van der Waals surface area contributed by atoms with Crippen LogP contribution in [-0.4, -0.2) is 18.1 Å². The third-order valence-corrected chi connectivity index (χ3v) is 3.32. The van der Waals surface area contributed by atoms with Gasteiger partial charge in [-0.1, -0.05) is 26.7 Å². The summed E-state index contributed by atoms with van der Waals surface area (Å²) < 4.78 is 0. The van der Waals surface area contributed by atoms with Crippen molar-refractivity contribution in [3.05, 3.63) is 23.0 Å². The van der Waals surface area contributed by atoms with Crippen molar-refractivity contribution < 1.29 is 0 Å². The minimum atomic E-state index is 0.734. The van der Waals surface area contributed by atoms with Gasteiger partial charge in [-0.3, -0.25) is 4.98 Å². The summed E-state index contributed by atoms with van der Waals surface area (Å²) in [4.78, 5) is 6.75. The maximum absolute atomic E-state index is 9.37. The van der Waals surface area contributed by atoms with Crippen LogP contribution in [0.15, 0.2) is 6.07 Å². The molecule has 0 spiro atoms. The first-order chi connectivity index (χ1) is 9.13. The predicted octanol–water partition coefficient (Wildman–Crippen LogP) is 3.98. The van der Waals surface area contributed by atoms with Gasteiger partial charge in [0.1, 0.15) is 6.07 Å². The summed E-state index contributed by atoms with van der Waals surface area (Å²) in [5, 5.41) is 9.37. The Balaban J connectivity index is 3.09. The van der Waals surface area contributed by atoms with Crippen LogP contribution < -0.4 is 4.90 Å². The Morgan fingerprint density at radius 2 is 1.74 bits per heavy atom. The Bertz CT molecular complexity index is 438. The van der Waals surface area contributed by atoms with Crippen LogP contribution in [0.1, 0.15) is 56.5 Å². The van der Waals surface area contributed by atoms with E-state index in [-0.39, 0.29) is 0 Å². The lowest BCUT2D eigenvalue weighted by Crippen LogP contribution is -2.27. The van der Waals surface area contributed by atoms with Crippen molar-refractivity contribution in [3.63, 3.8) is 0 Å². The highest BCUT2D eigenvalue weighted by molar-refractivity contribution is 5.61. The molecule has 0 aliphatic carbocycles. The van der Waals surface area contributed by atoms with E-state index in [1.165, 1.54) is 12.8 Å². The first-order valence-corrected chi connectivity index (χ1v) is 7.27. The summed E-state index contributed by atoms with van der Waals surface area (Å²) in [5.74, 6) is 0. The van der Waals surface area contributed by atoms with Gasteiger partial charge in [0.25, 0.3) is 0 Å². The predicted molar refractivity (Wildman–Crippen MR) is 80.5 cm³/mol. The maximum atomic E-state index is 9.37. The summed E-state index contributed by atoms with van der Waals surface area (Å²) in [6.45, 7) is 10.4. The molecule has 0 saturated heterocycles. The van der Waals surface area contributed by atoms with Crippen molar-refractivity contribution in [2.45, 2.75) is 53.4 Å². The normalized spacial score (nSPS) is 10.3. The molecule has 0 bridgehead atoms. The van der Waals surface area contributed by atoms with Gasteiger partial charge >= 0.3 is 0 Å². The van der Waals surface area contributed by atoms with Crippen LogP contribution in [0.2, 0.25) is 0 Å². The number of anilines is 1. The molecule has 19 heavy (non-hydrogen) atoms. The zero-order chi connectivity index (χ0) is 14.3. The van der Waals surface area contributed by atoms with Crippen molar-refractivity contribution >= 4 is 5.69 Å². The lowest BCUT2D eigenvalue weighted by atomic mass is 10.1. The fourth-order valence-electron chi connectivity index (χ4n) is 2.25. The topological polar surface area (TPSA) is 39.9 Å². The second kappa shape index (κ2) is 7.78. The molecule has 0 unspecified atom stereocenters. The Kier molecular flexibility index (Phi) is 6.35. The molecule has 0 aliphatic rings. The minimum Gasteiger partial charge on any atom is -0.370 e. The number of nitrogens with zero attached hydrogens (tertiary/aromatic N) is 3. The molecule has 3 nitrogen and oxygen atoms in total. The minimum absolute atomic E-state index is 0.734. The van der Waals surface area contributed by atoms with Gasteiger partial charge in [-0.2, -0.15) is 5.26 Å². The second-order valence-electron chi connectivity index (χ2n) is 5.05. The van der Waals surface area contributed by atoms with Crippen molar-refractivity contribution in [1.82, 2.24) is 4.98 Å². The Morgan fingerprint density at radius 3 is 2.21 bits per heavy atom. The van der Waals surface area contributed by atoms with Crippen LogP contribution in [0, 0.1) is 25.2 Å². The van der Waals surface area contributed by atoms with E-state index >= 15 is 0 Å². The van der Waals surface area contributed by atoms with E-state index in [0.717, 1.165) is 48.6 Å². The summed E-state index contributed by atoms with van der Waals surface area (Å²) in [7, 11) is 0. The standard InChI is InChI=1S/C16H25N3/c1-5-7-9-19(10-8-6-2)16-11-13(3)18-14(4)15(16)12-17/h11H,5-10H2,1-4H3. The number of aromatic nitrogens is 1. The van der Waals surface area contributed by atoms with Crippen molar-refractivity contribution in [1.29, 1.82) is 5.26 Å². The van der Waals surface area contributed by atoms with E-state index in [4.69, 9.17) is 0 Å². The molecule has 1 rings (SSSR count). The van der Waals surface area contributed by atoms with Gasteiger partial charge < -0.3 is 4.90 Å². The number of rotatable bonds is 7. The molecule has 104 valence electrons. The molecule has 0 aliphatic heterocycles. The van der Waals surface area contributed by atoms with Gasteiger partial charge in [0, 0.05) is 18.8 Å². The highest BCUT2D eigenvalue weighted by atomic mass is 15.1. The SMILES string of the molecule is CCCCN(CCCC)c1cc(C)nc(C)c1C#N. The van der Waals surface area contributed by atoms with Gasteiger partial charge in [0.05, 0.1) is 16.9 Å². The fourth-order valence-corrected chi connectivity index (χ4v) is 2.25. The second-order valence-corrected chi connectivity index (χ2v) is 5.05. The number of nitriles is 1. The zero-order valence-electron chi connectivity index (χ0n) is 12.7. The van der Waals surface area contributed by atoms with Crippen LogP contribution in [0.25, 0.3) is 0 Å². The number of pyridine rings is 1. The first kappa shape index (κ1) is 15.5. The fraction of sp³-hybridized carbons (Fsp3) is 0.625. The third kappa shape index (κ3) is 4.24.